The molecule has 1 saturated heterocycles. The number of rotatable bonds is 3. The molecular weight excluding hydrogens is 456 g/mol. The Balaban J connectivity index is 2.02. The minimum absolute atomic E-state index is 0.0123. The molecule has 2 aliphatic carbocycles. The number of allylic oxidation sites excluding steroid dienone is 2. The lowest BCUT2D eigenvalue weighted by atomic mass is 9.81. The topological polar surface area (TPSA) is 47.9 Å². The largest absolute Gasteiger partial charge is 0.398 e. The Bertz CT molecular complexity index is 924. The summed E-state index contributed by atoms with van der Waals surface area (Å²) in [6, 6.07) is 0. The number of ether oxygens (including phenoxy) is 2. The van der Waals surface area contributed by atoms with Crippen molar-refractivity contribution in [3.05, 3.63) is 23.8 Å². The highest BCUT2D eigenvalue weighted by molar-refractivity contribution is 6.83. The summed E-state index contributed by atoms with van der Waals surface area (Å²) >= 11 is 0. The quantitative estimate of drug-likeness (QED) is 0.295. The fraction of sp³-hybridized carbons (Fsp3) is 0.714. The molecule has 1 aliphatic heterocycles. The molecule has 0 aromatic heterocycles. The van der Waals surface area contributed by atoms with Crippen molar-refractivity contribution in [3.8, 4) is 23.3 Å². The highest BCUT2D eigenvalue weighted by Crippen LogP contribution is 2.50. The van der Waals surface area contributed by atoms with Gasteiger partial charge in [-0.1, -0.05) is 70.7 Å². The standard InChI is InChI=1S/C28H44O4Si2/c1-26(2,3)34(7,8)32-27(16-12-9-10-15-19-33(4,5)6)21-23(22-29)20-24-25(27)31-28(30-24)17-13-11-14-18-28/h9-10,20,24-25,29H,11,13-14,17-18,21-22H2,1-8H3/b10-9-/t24-,25-,27+/m0/s1. The van der Waals surface area contributed by atoms with Crippen LogP contribution in [0.4, 0.5) is 0 Å². The van der Waals surface area contributed by atoms with Gasteiger partial charge in [0.1, 0.15) is 20.3 Å². The van der Waals surface area contributed by atoms with E-state index in [9.17, 15) is 5.11 Å². The van der Waals surface area contributed by atoms with E-state index in [4.69, 9.17) is 13.9 Å². The SMILES string of the molecule is CC(C)(C)[Si](C)(C)O[C@]1(C#C/C=C\C#C[Si](C)(C)C)CC(CO)=C[C@@H]2OC3(CCCCC3)O[C@@H]21. The second-order valence-electron chi connectivity index (χ2n) is 12.6. The molecule has 0 unspecified atom stereocenters. The zero-order valence-electron chi connectivity index (χ0n) is 22.5. The summed E-state index contributed by atoms with van der Waals surface area (Å²) in [5.41, 5.74) is 3.39. The van der Waals surface area contributed by atoms with Gasteiger partial charge in [-0.25, -0.2) is 0 Å². The average molecular weight is 501 g/mol. The van der Waals surface area contributed by atoms with Crippen molar-refractivity contribution < 1.29 is 19.0 Å². The first kappa shape index (κ1) is 27.5. The molecule has 34 heavy (non-hydrogen) atoms. The molecule has 2 fully saturated rings. The van der Waals surface area contributed by atoms with E-state index in [2.05, 4.69) is 82.9 Å². The van der Waals surface area contributed by atoms with Crippen molar-refractivity contribution in [3.63, 3.8) is 0 Å². The zero-order valence-corrected chi connectivity index (χ0v) is 24.5. The molecule has 188 valence electrons. The molecule has 1 N–H and O–H groups in total. The number of aliphatic hydroxyl groups excluding tert-OH is 1. The van der Waals surface area contributed by atoms with Crippen molar-refractivity contribution in [2.24, 2.45) is 0 Å². The minimum atomic E-state index is -2.22. The molecule has 1 saturated carbocycles. The van der Waals surface area contributed by atoms with Gasteiger partial charge < -0.3 is 19.0 Å². The van der Waals surface area contributed by atoms with Crippen LogP contribution in [0.15, 0.2) is 23.8 Å². The van der Waals surface area contributed by atoms with E-state index in [1.165, 1.54) is 6.42 Å². The van der Waals surface area contributed by atoms with E-state index in [1.54, 1.807) is 0 Å². The van der Waals surface area contributed by atoms with Crippen LogP contribution < -0.4 is 0 Å². The van der Waals surface area contributed by atoms with Gasteiger partial charge in [0.15, 0.2) is 19.7 Å². The maximum absolute atomic E-state index is 10.1. The second kappa shape index (κ2) is 10.1. The summed E-state index contributed by atoms with van der Waals surface area (Å²) in [6.07, 6.45) is 10.9. The molecule has 0 bridgehead atoms. The van der Waals surface area contributed by atoms with Gasteiger partial charge in [-0.3, -0.25) is 0 Å². The molecular formula is C28H44O4Si2. The summed E-state index contributed by atoms with van der Waals surface area (Å²) in [5, 5.41) is 10.1. The third kappa shape index (κ3) is 6.35. The van der Waals surface area contributed by atoms with Crippen LogP contribution in [0.1, 0.15) is 59.3 Å². The number of aliphatic hydroxyl groups is 1. The first-order valence-corrected chi connectivity index (χ1v) is 19.2. The van der Waals surface area contributed by atoms with Crippen LogP contribution in [0.5, 0.6) is 0 Å². The third-order valence-electron chi connectivity index (χ3n) is 7.38. The van der Waals surface area contributed by atoms with Gasteiger partial charge in [0.05, 0.1) is 6.61 Å². The van der Waals surface area contributed by atoms with Crippen LogP contribution in [-0.4, -0.2) is 51.7 Å². The van der Waals surface area contributed by atoms with E-state index >= 15 is 0 Å². The van der Waals surface area contributed by atoms with Crippen LogP contribution in [0.25, 0.3) is 0 Å². The average Bonchev–Trinajstić information content (AvgIpc) is 3.07. The van der Waals surface area contributed by atoms with Crippen molar-refractivity contribution in [2.45, 2.75) is 121 Å². The highest BCUT2D eigenvalue weighted by atomic mass is 28.4. The summed E-state index contributed by atoms with van der Waals surface area (Å²) in [7, 11) is -3.64. The van der Waals surface area contributed by atoms with Crippen molar-refractivity contribution in [1.82, 2.24) is 0 Å². The van der Waals surface area contributed by atoms with Crippen LogP contribution in [0, 0.1) is 23.3 Å². The molecule has 1 spiro atoms. The molecule has 1 heterocycles. The Kier molecular flexibility index (Phi) is 8.15. The maximum atomic E-state index is 10.1. The molecule has 0 aromatic rings. The van der Waals surface area contributed by atoms with Gasteiger partial charge in [-0.15, -0.1) is 5.54 Å². The molecule has 0 aromatic carbocycles. The summed E-state index contributed by atoms with van der Waals surface area (Å²) < 4.78 is 20.5. The number of hydrogen-bond acceptors (Lipinski definition) is 4. The van der Waals surface area contributed by atoms with E-state index in [0.717, 1.165) is 31.3 Å². The smallest absolute Gasteiger partial charge is 0.194 e. The Hall–Kier alpha value is -1.13. The molecule has 3 aliphatic rings. The predicted molar refractivity (Wildman–Crippen MR) is 144 cm³/mol. The fourth-order valence-corrected chi connectivity index (χ4v) is 6.60. The maximum Gasteiger partial charge on any atom is 0.194 e. The van der Waals surface area contributed by atoms with Gasteiger partial charge in [0.2, 0.25) is 0 Å². The fourth-order valence-electron chi connectivity index (χ4n) is 4.63. The van der Waals surface area contributed by atoms with Crippen LogP contribution in [0.2, 0.25) is 37.8 Å². The van der Waals surface area contributed by atoms with Gasteiger partial charge in [0, 0.05) is 19.3 Å². The van der Waals surface area contributed by atoms with Gasteiger partial charge in [-0.05, 0) is 48.7 Å². The van der Waals surface area contributed by atoms with Crippen LogP contribution in [0.3, 0.4) is 0 Å². The van der Waals surface area contributed by atoms with Crippen molar-refractivity contribution in [2.75, 3.05) is 6.61 Å². The van der Waals surface area contributed by atoms with Crippen LogP contribution >= 0.6 is 0 Å². The molecule has 4 nitrogen and oxygen atoms in total. The Morgan fingerprint density at radius 1 is 1.06 bits per heavy atom. The minimum Gasteiger partial charge on any atom is -0.398 e. The van der Waals surface area contributed by atoms with E-state index in [-0.39, 0.29) is 23.9 Å². The Labute approximate surface area is 209 Å². The van der Waals surface area contributed by atoms with Gasteiger partial charge >= 0.3 is 0 Å². The lowest BCUT2D eigenvalue weighted by molar-refractivity contribution is -0.201. The van der Waals surface area contributed by atoms with Gasteiger partial charge in [0.25, 0.3) is 0 Å². The highest BCUT2D eigenvalue weighted by Gasteiger charge is 2.60. The lowest BCUT2D eigenvalue weighted by Gasteiger charge is -2.47. The Morgan fingerprint density at radius 2 is 1.71 bits per heavy atom. The second-order valence-corrected chi connectivity index (χ2v) is 22.1. The summed E-state index contributed by atoms with van der Waals surface area (Å²) in [6.45, 7) is 17.9. The number of hydrogen-bond donors (Lipinski definition) is 1. The molecule has 6 heteroatoms. The summed E-state index contributed by atoms with van der Waals surface area (Å²) in [5.74, 6) is 9.31. The van der Waals surface area contributed by atoms with E-state index in [0.29, 0.717) is 6.42 Å². The zero-order chi connectivity index (χ0) is 25.3. The first-order valence-electron chi connectivity index (χ1n) is 12.8. The molecule has 0 radical (unpaired) electrons. The van der Waals surface area contributed by atoms with Gasteiger partial charge in [-0.2, -0.15) is 0 Å². The normalized spacial score (nSPS) is 29.1. The summed E-state index contributed by atoms with van der Waals surface area (Å²) in [4.78, 5) is 0. The Morgan fingerprint density at radius 3 is 2.29 bits per heavy atom. The molecule has 3 rings (SSSR count). The number of fused-ring (bicyclic) bond motifs is 1. The monoisotopic (exact) mass is 500 g/mol. The third-order valence-corrected chi connectivity index (χ3v) is 12.8. The van der Waals surface area contributed by atoms with Crippen molar-refractivity contribution in [1.29, 1.82) is 0 Å². The van der Waals surface area contributed by atoms with E-state index in [1.807, 2.05) is 12.2 Å². The predicted octanol–water partition coefficient (Wildman–Crippen LogP) is 5.95. The molecule has 3 atom stereocenters. The first-order chi connectivity index (χ1) is 15.7. The van der Waals surface area contributed by atoms with Crippen LogP contribution in [-0.2, 0) is 13.9 Å². The van der Waals surface area contributed by atoms with Crippen molar-refractivity contribution >= 4 is 16.4 Å². The van der Waals surface area contributed by atoms with E-state index < -0.39 is 27.8 Å². The molecule has 0 amide bonds. The lowest BCUT2D eigenvalue weighted by Crippen LogP contribution is -2.58.